The predicted octanol–water partition coefficient (Wildman–Crippen LogP) is 2.75. The third-order valence-corrected chi connectivity index (χ3v) is 1.32. The number of halogens is 1. The molecule has 9 heavy (non-hydrogen) atoms. The number of hydrogen-bond donors (Lipinski definition) is 0. The Balaban J connectivity index is 2.85. The Kier molecular flexibility index (Phi) is 1.83. The largest absolute Gasteiger partial charge is 0.211 e. The summed E-state index contributed by atoms with van der Waals surface area (Å²) in [7, 11) is 0. The molecule has 0 heterocycles. The van der Waals surface area contributed by atoms with Gasteiger partial charge in [0, 0.05) is 6.42 Å². The van der Waals surface area contributed by atoms with Gasteiger partial charge in [-0.2, -0.15) is 0 Å². The first-order valence-corrected chi connectivity index (χ1v) is 2.99. The third-order valence-electron chi connectivity index (χ3n) is 1.32. The Bertz CT molecular complexity index is 185. The van der Waals surface area contributed by atoms with Crippen molar-refractivity contribution in [1.29, 1.82) is 0 Å². The molecule has 0 aromatic heterocycles. The fourth-order valence-corrected chi connectivity index (χ4v) is 0.701. The summed E-state index contributed by atoms with van der Waals surface area (Å²) in [6.07, 6.45) is 7.73. The van der Waals surface area contributed by atoms with E-state index < -0.39 is 0 Å². The minimum absolute atomic E-state index is 0.0278. The van der Waals surface area contributed by atoms with Gasteiger partial charge >= 0.3 is 0 Å². The molecule has 1 heteroatoms. The van der Waals surface area contributed by atoms with Crippen LogP contribution in [0.25, 0.3) is 0 Å². The summed E-state index contributed by atoms with van der Waals surface area (Å²) < 4.78 is 12.6. The molecule has 48 valence electrons. The number of hydrogen-bond acceptors (Lipinski definition) is 0. The second-order valence-corrected chi connectivity index (χ2v) is 2.08. The van der Waals surface area contributed by atoms with Crippen LogP contribution in [0.5, 0.6) is 0 Å². The number of rotatable bonds is 0. The molecule has 0 spiro atoms. The fourth-order valence-electron chi connectivity index (χ4n) is 0.701. The molecule has 0 bridgehead atoms. The maximum absolute atomic E-state index is 12.6. The highest BCUT2D eigenvalue weighted by Gasteiger charge is 1.96. The van der Waals surface area contributed by atoms with E-state index in [2.05, 4.69) is 0 Å². The Morgan fingerprint density at radius 3 is 3.00 bits per heavy atom. The lowest BCUT2D eigenvalue weighted by molar-refractivity contribution is 0.609. The Labute approximate surface area is 54.4 Å². The standard InChI is InChI=1S/C8H9F/c1-7-5-3-2-4-6-8(7)9/h2-5H,6H2,1H3. The van der Waals surface area contributed by atoms with E-state index in [0.29, 0.717) is 6.42 Å². The zero-order chi connectivity index (χ0) is 6.69. The second kappa shape index (κ2) is 2.62. The molecule has 0 aromatic carbocycles. The van der Waals surface area contributed by atoms with Crippen molar-refractivity contribution < 1.29 is 4.39 Å². The van der Waals surface area contributed by atoms with Crippen LogP contribution in [0.2, 0.25) is 0 Å². The monoisotopic (exact) mass is 124 g/mol. The summed E-state index contributed by atoms with van der Waals surface area (Å²) in [5.41, 5.74) is 0.736. The van der Waals surface area contributed by atoms with E-state index in [9.17, 15) is 4.39 Å². The highest BCUT2D eigenvalue weighted by molar-refractivity contribution is 5.27. The Morgan fingerprint density at radius 2 is 2.22 bits per heavy atom. The highest BCUT2D eigenvalue weighted by atomic mass is 19.1. The summed E-state index contributed by atoms with van der Waals surface area (Å²) in [5, 5.41) is 0. The van der Waals surface area contributed by atoms with Crippen molar-refractivity contribution in [1.82, 2.24) is 0 Å². The second-order valence-electron chi connectivity index (χ2n) is 2.08. The molecule has 0 aromatic rings. The molecule has 1 aliphatic carbocycles. The summed E-state index contributed by atoms with van der Waals surface area (Å²) in [6, 6.07) is 0. The van der Waals surface area contributed by atoms with Gasteiger partial charge in [0.05, 0.1) is 0 Å². The minimum atomic E-state index is -0.0278. The molecule has 0 fully saturated rings. The third kappa shape index (κ3) is 1.53. The first-order chi connectivity index (χ1) is 4.30. The average Bonchev–Trinajstić information content (AvgIpc) is 1.99. The van der Waals surface area contributed by atoms with Crippen LogP contribution < -0.4 is 0 Å². The van der Waals surface area contributed by atoms with Gasteiger partial charge in [-0.15, -0.1) is 0 Å². The van der Waals surface area contributed by atoms with Crippen molar-refractivity contribution in [2.24, 2.45) is 0 Å². The molecule has 0 saturated carbocycles. The van der Waals surface area contributed by atoms with Crippen LogP contribution in [-0.4, -0.2) is 0 Å². The zero-order valence-corrected chi connectivity index (χ0v) is 5.39. The van der Waals surface area contributed by atoms with E-state index in [-0.39, 0.29) is 5.83 Å². The molecule has 0 aliphatic heterocycles. The lowest BCUT2D eigenvalue weighted by Crippen LogP contribution is -1.73. The van der Waals surface area contributed by atoms with Crippen LogP contribution in [-0.2, 0) is 0 Å². The van der Waals surface area contributed by atoms with Gasteiger partial charge in [-0.25, -0.2) is 4.39 Å². The van der Waals surface area contributed by atoms with Gasteiger partial charge in [0.15, 0.2) is 0 Å². The molecule has 0 saturated heterocycles. The predicted molar refractivity (Wildman–Crippen MR) is 36.7 cm³/mol. The smallest absolute Gasteiger partial charge is 0.107 e. The van der Waals surface area contributed by atoms with Crippen LogP contribution in [0.3, 0.4) is 0 Å². The lowest BCUT2D eigenvalue weighted by atomic mass is 10.2. The molecular formula is C8H9F. The van der Waals surface area contributed by atoms with Crippen LogP contribution in [0.4, 0.5) is 4.39 Å². The molecule has 0 radical (unpaired) electrons. The van der Waals surface area contributed by atoms with Crippen molar-refractivity contribution >= 4 is 0 Å². The van der Waals surface area contributed by atoms with Gasteiger partial charge in [-0.05, 0) is 12.5 Å². The quantitative estimate of drug-likeness (QED) is 0.465. The molecule has 0 nitrogen and oxygen atoms in total. The van der Waals surface area contributed by atoms with Gasteiger partial charge < -0.3 is 0 Å². The normalized spacial score (nSPS) is 18.4. The minimum Gasteiger partial charge on any atom is -0.211 e. The molecule has 1 aliphatic rings. The first kappa shape index (κ1) is 6.27. The molecule has 0 N–H and O–H groups in total. The van der Waals surface area contributed by atoms with Gasteiger partial charge in [0.2, 0.25) is 0 Å². The van der Waals surface area contributed by atoms with E-state index >= 15 is 0 Å². The summed E-state index contributed by atoms with van der Waals surface area (Å²) >= 11 is 0. The van der Waals surface area contributed by atoms with Gasteiger partial charge in [-0.1, -0.05) is 24.3 Å². The van der Waals surface area contributed by atoms with Crippen LogP contribution >= 0.6 is 0 Å². The van der Waals surface area contributed by atoms with E-state index in [1.165, 1.54) is 0 Å². The van der Waals surface area contributed by atoms with Crippen molar-refractivity contribution in [2.75, 3.05) is 0 Å². The van der Waals surface area contributed by atoms with Gasteiger partial charge in [-0.3, -0.25) is 0 Å². The average molecular weight is 124 g/mol. The van der Waals surface area contributed by atoms with E-state index in [4.69, 9.17) is 0 Å². The van der Waals surface area contributed by atoms with Crippen molar-refractivity contribution in [3.05, 3.63) is 35.7 Å². The fraction of sp³-hybridized carbons (Fsp3) is 0.250. The van der Waals surface area contributed by atoms with E-state index in [1.54, 1.807) is 13.0 Å². The van der Waals surface area contributed by atoms with Crippen LogP contribution in [0, 0.1) is 0 Å². The molecule has 0 atom stereocenters. The highest BCUT2D eigenvalue weighted by Crippen LogP contribution is 2.14. The van der Waals surface area contributed by atoms with Crippen molar-refractivity contribution in [2.45, 2.75) is 13.3 Å². The van der Waals surface area contributed by atoms with Gasteiger partial charge in [0.25, 0.3) is 0 Å². The Morgan fingerprint density at radius 1 is 1.44 bits per heavy atom. The first-order valence-electron chi connectivity index (χ1n) is 2.99. The Hall–Kier alpha value is -0.850. The van der Waals surface area contributed by atoms with E-state index in [0.717, 1.165) is 5.57 Å². The number of allylic oxidation sites excluding steroid dienone is 6. The zero-order valence-electron chi connectivity index (χ0n) is 5.39. The maximum Gasteiger partial charge on any atom is 0.107 e. The summed E-state index contributed by atoms with van der Waals surface area (Å²) in [5.74, 6) is -0.0278. The molecule has 0 unspecified atom stereocenters. The topological polar surface area (TPSA) is 0 Å². The van der Waals surface area contributed by atoms with E-state index in [1.807, 2.05) is 18.2 Å². The molecule has 1 rings (SSSR count). The summed E-state index contributed by atoms with van der Waals surface area (Å²) in [4.78, 5) is 0. The molecular weight excluding hydrogens is 115 g/mol. The lowest BCUT2D eigenvalue weighted by Gasteiger charge is -1.91. The van der Waals surface area contributed by atoms with Crippen LogP contribution in [0.1, 0.15) is 13.3 Å². The van der Waals surface area contributed by atoms with Crippen LogP contribution in [0.15, 0.2) is 35.7 Å². The molecule has 0 amide bonds. The van der Waals surface area contributed by atoms with Crippen molar-refractivity contribution in [3.8, 4) is 0 Å². The summed E-state index contributed by atoms with van der Waals surface area (Å²) in [6.45, 7) is 1.78. The SMILES string of the molecule is CC1=C(F)CC=CC=C1. The van der Waals surface area contributed by atoms with Gasteiger partial charge in [0.1, 0.15) is 5.83 Å². The van der Waals surface area contributed by atoms with Crippen molar-refractivity contribution in [3.63, 3.8) is 0 Å². The maximum atomic E-state index is 12.6.